The van der Waals surface area contributed by atoms with E-state index >= 15 is 0 Å². The summed E-state index contributed by atoms with van der Waals surface area (Å²) in [4.78, 5) is 0. The molecule has 1 atom stereocenters. The number of anilines is 1. The number of hydrogen-bond acceptors (Lipinski definition) is 2. The molecular formula is C12H16N2. The Hall–Kier alpha value is -1.31. The second-order valence-corrected chi connectivity index (χ2v) is 4.00. The molecule has 2 rings (SSSR count). The molecule has 0 aromatic heterocycles. The van der Waals surface area contributed by atoms with Crippen molar-refractivity contribution in [2.45, 2.75) is 26.2 Å². The topological polar surface area (TPSA) is 24.4 Å². The Morgan fingerprint density at radius 1 is 1.29 bits per heavy atom. The summed E-state index contributed by atoms with van der Waals surface area (Å²) < 4.78 is 0. The van der Waals surface area contributed by atoms with E-state index in [1.54, 1.807) is 0 Å². The lowest BCUT2D eigenvalue weighted by atomic mass is 10.1. The lowest BCUT2D eigenvalue weighted by molar-refractivity contribution is 0.623. The lowest BCUT2D eigenvalue weighted by Crippen LogP contribution is -1.97. The molecule has 2 nitrogen and oxygen atoms in total. The second-order valence-electron chi connectivity index (χ2n) is 4.00. The highest BCUT2D eigenvalue weighted by Crippen LogP contribution is 2.22. The Balaban J connectivity index is 1.94. The van der Waals surface area contributed by atoms with E-state index in [1.165, 1.54) is 12.1 Å². The zero-order chi connectivity index (χ0) is 9.80. The normalized spacial score (nSPS) is 24.1. The van der Waals surface area contributed by atoms with Gasteiger partial charge in [0.05, 0.1) is 5.69 Å². The molecule has 1 aliphatic carbocycles. The number of hydrogen-bond donors (Lipinski definition) is 1. The minimum atomic E-state index is 0.811. The monoisotopic (exact) mass is 188 g/mol. The standard InChI is InChI=1S/C12H16N2/c1-10-7-8-12(9-10)14-13-11-5-3-2-4-6-11/h2-6,10,13H,7-9H2,1H3/b14-12+. The molecule has 0 spiro atoms. The predicted octanol–water partition coefficient (Wildman–Crippen LogP) is 3.27. The van der Waals surface area contributed by atoms with E-state index in [0.717, 1.165) is 24.4 Å². The number of hydrazone groups is 1. The van der Waals surface area contributed by atoms with Gasteiger partial charge < -0.3 is 0 Å². The van der Waals surface area contributed by atoms with Crippen LogP contribution in [-0.2, 0) is 0 Å². The largest absolute Gasteiger partial charge is 0.279 e. The first-order chi connectivity index (χ1) is 6.84. The van der Waals surface area contributed by atoms with Crippen LogP contribution in [0.1, 0.15) is 26.2 Å². The number of nitrogens with zero attached hydrogens (tertiary/aromatic N) is 1. The zero-order valence-electron chi connectivity index (χ0n) is 8.53. The van der Waals surface area contributed by atoms with Crippen molar-refractivity contribution in [3.63, 3.8) is 0 Å². The first-order valence-corrected chi connectivity index (χ1v) is 5.21. The van der Waals surface area contributed by atoms with Gasteiger partial charge in [-0.15, -0.1) is 0 Å². The molecule has 0 bridgehead atoms. The smallest absolute Gasteiger partial charge is 0.0561 e. The zero-order valence-corrected chi connectivity index (χ0v) is 8.53. The SMILES string of the molecule is CC1CC/C(=N\Nc2ccccc2)C1. The molecule has 1 N–H and O–H groups in total. The molecule has 74 valence electrons. The summed E-state index contributed by atoms with van der Waals surface area (Å²) in [6.45, 7) is 2.28. The first-order valence-electron chi connectivity index (χ1n) is 5.21. The van der Waals surface area contributed by atoms with E-state index < -0.39 is 0 Å². The quantitative estimate of drug-likeness (QED) is 0.708. The van der Waals surface area contributed by atoms with Crippen molar-refractivity contribution in [2.24, 2.45) is 11.0 Å². The highest BCUT2D eigenvalue weighted by Gasteiger charge is 2.15. The fourth-order valence-electron chi connectivity index (χ4n) is 1.78. The van der Waals surface area contributed by atoms with Gasteiger partial charge in [0.1, 0.15) is 0 Å². The van der Waals surface area contributed by atoms with Crippen molar-refractivity contribution < 1.29 is 0 Å². The molecule has 14 heavy (non-hydrogen) atoms. The molecule has 1 unspecified atom stereocenters. The summed E-state index contributed by atoms with van der Waals surface area (Å²) >= 11 is 0. The molecule has 1 fully saturated rings. The average Bonchev–Trinajstić information content (AvgIpc) is 2.63. The van der Waals surface area contributed by atoms with Gasteiger partial charge in [-0.1, -0.05) is 25.1 Å². The van der Waals surface area contributed by atoms with Gasteiger partial charge in [-0.3, -0.25) is 5.43 Å². The molecule has 1 aromatic carbocycles. The highest BCUT2D eigenvalue weighted by atomic mass is 15.3. The van der Waals surface area contributed by atoms with E-state index in [2.05, 4.69) is 17.5 Å². The van der Waals surface area contributed by atoms with Gasteiger partial charge in [0.25, 0.3) is 0 Å². The fourth-order valence-corrected chi connectivity index (χ4v) is 1.78. The summed E-state index contributed by atoms with van der Waals surface area (Å²) in [5.74, 6) is 0.811. The third-order valence-corrected chi connectivity index (χ3v) is 2.63. The Labute approximate surface area is 85.0 Å². The van der Waals surface area contributed by atoms with E-state index in [0.29, 0.717) is 0 Å². The van der Waals surface area contributed by atoms with Crippen LogP contribution in [0, 0.1) is 5.92 Å². The summed E-state index contributed by atoms with van der Waals surface area (Å²) in [5, 5.41) is 4.41. The number of benzene rings is 1. The first kappa shape index (κ1) is 9.25. The van der Waals surface area contributed by atoms with Gasteiger partial charge in [-0.05, 0) is 37.3 Å². The van der Waals surface area contributed by atoms with Crippen LogP contribution in [0.3, 0.4) is 0 Å². The minimum Gasteiger partial charge on any atom is -0.279 e. The van der Waals surface area contributed by atoms with Crippen LogP contribution in [0.15, 0.2) is 35.4 Å². The molecule has 1 aliphatic rings. The van der Waals surface area contributed by atoms with Crippen molar-refractivity contribution in [1.29, 1.82) is 0 Å². The number of rotatable bonds is 2. The maximum Gasteiger partial charge on any atom is 0.0561 e. The van der Waals surface area contributed by atoms with Gasteiger partial charge in [-0.2, -0.15) is 5.10 Å². The van der Waals surface area contributed by atoms with E-state index in [-0.39, 0.29) is 0 Å². The Morgan fingerprint density at radius 3 is 2.71 bits per heavy atom. The van der Waals surface area contributed by atoms with Gasteiger partial charge in [0.2, 0.25) is 0 Å². The highest BCUT2D eigenvalue weighted by molar-refractivity contribution is 5.87. The Kier molecular flexibility index (Phi) is 2.82. The third-order valence-electron chi connectivity index (χ3n) is 2.63. The van der Waals surface area contributed by atoms with Gasteiger partial charge in [0.15, 0.2) is 0 Å². The summed E-state index contributed by atoms with van der Waals surface area (Å²) in [7, 11) is 0. The van der Waals surface area contributed by atoms with Crippen LogP contribution in [0.2, 0.25) is 0 Å². The minimum absolute atomic E-state index is 0.811. The van der Waals surface area contributed by atoms with Crippen molar-refractivity contribution in [3.05, 3.63) is 30.3 Å². The van der Waals surface area contributed by atoms with Crippen molar-refractivity contribution in [1.82, 2.24) is 0 Å². The van der Waals surface area contributed by atoms with E-state index in [1.807, 2.05) is 30.3 Å². The summed E-state index contributed by atoms with van der Waals surface area (Å²) in [6.07, 6.45) is 3.59. The van der Waals surface area contributed by atoms with Crippen LogP contribution < -0.4 is 5.43 Å². The van der Waals surface area contributed by atoms with Crippen molar-refractivity contribution >= 4 is 11.4 Å². The van der Waals surface area contributed by atoms with Gasteiger partial charge >= 0.3 is 0 Å². The molecule has 0 saturated heterocycles. The lowest BCUT2D eigenvalue weighted by Gasteiger charge is -2.01. The summed E-state index contributed by atoms with van der Waals surface area (Å²) in [5.41, 5.74) is 5.47. The van der Waals surface area contributed by atoms with E-state index in [4.69, 9.17) is 0 Å². The van der Waals surface area contributed by atoms with Crippen LogP contribution in [-0.4, -0.2) is 5.71 Å². The molecule has 0 heterocycles. The van der Waals surface area contributed by atoms with Crippen molar-refractivity contribution in [2.75, 3.05) is 5.43 Å². The van der Waals surface area contributed by atoms with Crippen LogP contribution in [0.5, 0.6) is 0 Å². The molecular weight excluding hydrogens is 172 g/mol. The van der Waals surface area contributed by atoms with Crippen molar-refractivity contribution in [3.8, 4) is 0 Å². The Bertz CT molecular complexity index is 316. The van der Waals surface area contributed by atoms with Crippen LogP contribution in [0.4, 0.5) is 5.69 Å². The predicted molar refractivity (Wildman–Crippen MR) is 60.5 cm³/mol. The number of nitrogens with one attached hydrogen (secondary N) is 1. The fraction of sp³-hybridized carbons (Fsp3) is 0.417. The van der Waals surface area contributed by atoms with Crippen LogP contribution >= 0.6 is 0 Å². The summed E-state index contributed by atoms with van der Waals surface area (Å²) in [6, 6.07) is 10.1. The molecule has 1 aromatic rings. The second kappa shape index (κ2) is 4.27. The van der Waals surface area contributed by atoms with Gasteiger partial charge in [-0.25, -0.2) is 0 Å². The van der Waals surface area contributed by atoms with Crippen LogP contribution in [0.25, 0.3) is 0 Å². The molecule has 0 amide bonds. The molecule has 1 saturated carbocycles. The molecule has 2 heteroatoms. The van der Waals surface area contributed by atoms with E-state index in [9.17, 15) is 0 Å². The van der Waals surface area contributed by atoms with Gasteiger partial charge in [0, 0.05) is 5.71 Å². The third kappa shape index (κ3) is 2.34. The molecule has 0 radical (unpaired) electrons. The molecule has 0 aliphatic heterocycles. The maximum absolute atomic E-state index is 4.41. The maximum atomic E-state index is 4.41. The number of para-hydroxylation sites is 1. The average molecular weight is 188 g/mol. The Morgan fingerprint density at radius 2 is 2.07 bits per heavy atom.